The number of rotatable bonds is 9. The molecule has 3 aromatic rings. The van der Waals surface area contributed by atoms with Crippen LogP contribution < -0.4 is 10.1 Å². The van der Waals surface area contributed by atoms with Crippen LogP contribution in [-0.2, 0) is 19.6 Å². The second-order valence-corrected chi connectivity index (χ2v) is 7.25. The van der Waals surface area contributed by atoms with Crippen molar-refractivity contribution in [1.82, 2.24) is 5.32 Å². The quantitative estimate of drug-likeness (QED) is 0.433. The van der Waals surface area contributed by atoms with Gasteiger partial charge in [-0.05, 0) is 48.6 Å². The minimum Gasteiger partial charge on any atom is -0.487 e. The standard InChI is InChI=1S/C24H26ClNO.ClH/c1-19(12-13-20-8-4-2-5-9-20)26-17-22-14-15-24(23(25)16-22)27-18-21-10-6-3-7-11-21;/h2-11,14-16,19,26H,12-13,17-18H2,1H3;1H. The van der Waals surface area contributed by atoms with Crippen LogP contribution in [0.1, 0.15) is 30.0 Å². The van der Waals surface area contributed by atoms with Crippen LogP contribution in [0.5, 0.6) is 5.75 Å². The van der Waals surface area contributed by atoms with Gasteiger partial charge in [-0.2, -0.15) is 0 Å². The molecule has 3 aromatic carbocycles. The summed E-state index contributed by atoms with van der Waals surface area (Å²) in [7, 11) is 0. The summed E-state index contributed by atoms with van der Waals surface area (Å²) in [5.41, 5.74) is 3.68. The Balaban J connectivity index is 0.00000280. The average molecular weight is 416 g/mol. The number of hydrogen-bond acceptors (Lipinski definition) is 2. The number of halogens is 2. The topological polar surface area (TPSA) is 21.3 Å². The first-order valence-electron chi connectivity index (χ1n) is 9.43. The van der Waals surface area contributed by atoms with Gasteiger partial charge in [-0.1, -0.05) is 78.3 Å². The van der Waals surface area contributed by atoms with Gasteiger partial charge < -0.3 is 10.1 Å². The fourth-order valence-electron chi connectivity index (χ4n) is 2.93. The Kier molecular flexibility index (Phi) is 9.36. The Morgan fingerprint density at radius 1 is 0.857 bits per heavy atom. The molecule has 148 valence electrons. The van der Waals surface area contributed by atoms with Crippen LogP contribution in [0.25, 0.3) is 0 Å². The van der Waals surface area contributed by atoms with Crippen LogP contribution >= 0.6 is 24.0 Å². The fraction of sp³-hybridized carbons (Fsp3) is 0.250. The van der Waals surface area contributed by atoms with Gasteiger partial charge in [-0.3, -0.25) is 0 Å². The Hall–Kier alpha value is -2.00. The molecule has 1 unspecified atom stereocenters. The van der Waals surface area contributed by atoms with E-state index < -0.39 is 0 Å². The van der Waals surface area contributed by atoms with Gasteiger partial charge in [0, 0.05) is 12.6 Å². The zero-order chi connectivity index (χ0) is 18.9. The van der Waals surface area contributed by atoms with Crippen LogP contribution in [0.3, 0.4) is 0 Å². The van der Waals surface area contributed by atoms with Crippen molar-refractivity contribution in [2.24, 2.45) is 0 Å². The van der Waals surface area contributed by atoms with Crippen molar-refractivity contribution in [3.8, 4) is 5.75 Å². The Morgan fingerprint density at radius 2 is 1.50 bits per heavy atom. The van der Waals surface area contributed by atoms with Gasteiger partial charge in [0.2, 0.25) is 0 Å². The number of benzene rings is 3. The lowest BCUT2D eigenvalue weighted by Gasteiger charge is -2.15. The molecule has 0 fully saturated rings. The predicted molar refractivity (Wildman–Crippen MR) is 121 cm³/mol. The summed E-state index contributed by atoms with van der Waals surface area (Å²) in [6, 6.07) is 27.2. The molecule has 28 heavy (non-hydrogen) atoms. The Morgan fingerprint density at radius 3 is 2.14 bits per heavy atom. The molecule has 1 atom stereocenters. The first-order chi connectivity index (χ1) is 13.2. The minimum atomic E-state index is 0. The van der Waals surface area contributed by atoms with Crippen molar-refractivity contribution in [2.75, 3.05) is 0 Å². The van der Waals surface area contributed by atoms with Crippen molar-refractivity contribution in [1.29, 1.82) is 0 Å². The average Bonchev–Trinajstić information content (AvgIpc) is 2.71. The zero-order valence-electron chi connectivity index (χ0n) is 16.1. The molecule has 0 radical (unpaired) electrons. The van der Waals surface area contributed by atoms with E-state index in [0.717, 1.165) is 30.7 Å². The van der Waals surface area contributed by atoms with E-state index in [2.05, 4.69) is 48.6 Å². The van der Waals surface area contributed by atoms with Crippen molar-refractivity contribution < 1.29 is 4.74 Å². The van der Waals surface area contributed by atoms with Crippen LogP contribution in [0.2, 0.25) is 5.02 Å². The zero-order valence-corrected chi connectivity index (χ0v) is 17.7. The Labute approximate surface area is 179 Å². The molecule has 0 saturated heterocycles. The highest BCUT2D eigenvalue weighted by Gasteiger charge is 2.06. The molecule has 0 bridgehead atoms. The lowest BCUT2D eigenvalue weighted by molar-refractivity contribution is 0.306. The summed E-state index contributed by atoms with van der Waals surface area (Å²) >= 11 is 6.40. The van der Waals surface area contributed by atoms with Crippen LogP contribution in [-0.4, -0.2) is 6.04 Å². The van der Waals surface area contributed by atoms with E-state index in [9.17, 15) is 0 Å². The number of hydrogen-bond donors (Lipinski definition) is 1. The molecule has 0 aliphatic heterocycles. The Bertz CT molecular complexity index is 825. The van der Waals surface area contributed by atoms with E-state index >= 15 is 0 Å². The summed E-state index contributed by atoms with van der Waals surface area (Å²) in [4.78, 5) is 0. The maximum Gasteiger partial charge on any atom is 0.138 e. The van der Waals surface area contributed by atoms with Crippen molar-refractivity contribution >= 4 is 24.0 Å². The molecular weight excluding hydrogens is 389 g/mol. The normalized spacial score (nSPS) is 11.5. The predicted octanol–water partition coefficient (Wildman–Crippen LogP) is 6.45. The third kappa shape index (κ3) is 7.20. The molecule has 0 heterocycles. The molecular formula is C24H27Cl2NO. The minimum absolute atomic E-state index is 0. The second-order valence-electron chi connectivity index (χ2n) is 6.85. The molecule has 4 heteroatoms. The lowest BCUT2D eigenvalue weighted by atomic mass is 10.1. The van der Waals surface area contributed by atoms with Gasteiger partial charge in [0.1, 0.15) is 12.4 Å². The van der Waals surface area contributed by atoms with Gasteiger partial charge >= 0.3 is 0 Å². The molecule has 0 aromatic heterocycles. The fourth-order valence-corrected chi connectivity index (χ4v) is 3.19. The molecule has 0 amide bonds. The highest BCUT2D eigenvalue weighted by atomic mass is 35.5. The molecule has 2 nitrogen and oxygen atoms in total. The van der Waals surface area contributed by atoms with E-state index in [1.165, 1.54) is 11.1 Å². The highest BCUT2D eigenvalue weighted by molar-refractivity contribution is 6.32. The third-order valence-electron chi connectivity index (χ3n) is 4.60. The SMILES string of the molecule is CC(CCc1ccccc1)NCc1ccc(OCc2ccccc2)c(Cl)c1.Cl. The summed E-state index contributed by atoms with van der Waals surface area (Å²) in [6.07, 6.45) is 2.19. The number of aryl methyl sites for hydroxylation is 1. The summed E-state index contributed by atoms with van der Waals surface area (Å²) in [5.74, 6) is 0.724. The lowest BCUT2D eigenvalue weighted by Crippen LogP contribution is -2.25. The monoisotopic (exact) mass is 415 g/mol. The molecule has 0 saturated carbocycles. The number of nitrogens with one attached hydrogen (secondary N) is 1. The van der Waals surface area contributed by atoms with Gasteiger partial charge in [-0.15, -0.1) is 12.4 Å². The number of ether oxygens (including phenoxy) is 1. The summed E-state index contributed by atoms with van der Waals surface area (Å²) < 4.78 is 5.84. The van der Waals surface area contributed by atoms with E-state index in [-0.39, 0.29) is 12.4 Å². The maximum atomic E-state index is 6.40. The van der Waals surface area contributed by atoms with E-state index in [1.54, 1.807) is 0 Å². The molecule has 3 rings (SSSR count). The molecule has 0 aliphatic carbocycles. The second kappa shape index (κ2) is 11.8. The summed E-state index contributed by atoms with van der Waals surface area (Å²) in [6.45, 7) is 3.55. The van der Waals surface area contributed by atoms with Crippen molar-refractivity contribution in [2.45, 2.75) is 39.0 Å². The largest absolute Gasteiger partial charge is 0.487 e. The van der Waals surface area contributed by atoms with Crippen LogP contribution in [0.4, 0.5) is 0 Å². The van der Waals surface area contributed by atoms with Gasteiger partial charge in [0.15, 0.2) is 0 Å². The van der Waals surface area contributed by atoms with Crippen LogP contribution in [0, 0.1) is 0 Å². The van der Waals surface area contributed by atoms with E-state index in [4.69, 9.17) is 16.3 Å². The molecule has 0 spiro atoms. The highest BCUT2D eigenvalue weighted by Crippen LogP contribution is 2.26. The van der Waals surface area contributed by atoms with E-state index in [0.29, 0.717) is 17.7 Å². The first kappa shape index (κ1) is 22.3. The van der Waals surface area contributed by atoms with Crippen molar-refractivity contribution in [3.05, 3.63) is 101 Å². The van der Waals surface area contributed by atoms with Crippen molar-refractivity contribution in [3.63, 3.8) is 0 Å². The van der Waals surface area contributed by atoms with Gasteiger partial charge in [-0.25, -0.2) is 0 Å². The van der Waals surface area contributed by atoms with E-state index in [1.807, 2.05) is 42.5 Å². The first-order valence-corrected chi connectivity index (χ1v) is 9.81. The van der Waals surface area contributed by atoms with Gasteiger partial charge in [0.05, 0.1) is 5.02 Å². The van der Waals surface area contributed by atoms with Gasteiger partial charge in [0.25, 0.3) is 0 Å². The van der Waals surface area contributed by atoms with Crippen LogP contribution in [0.15, 0.2) is 78.9 Å². The smallest absolute Gasteiger partial charge is 0.138 e. The third-order valence-corrected chi connectivity index (χ3v) is 4.89. The molecule has 0 aliphatic rings. The summed E-state index contributed by atoms with van der Waals surface area (Å²) in [5, 5.41) is 4.23. The maximum absolute atomic E-state index is 6.40. The molecule has 1 N–H and O–H groups in total.